The minimum absolute atomic E-state index is 0.313. The van der Waals surface area contributed by atoms with E-state index in [0.717, 1.165) is 12.1 Å². The highest BCUT2D eigenvalue weighted by atomic mass is 32.2. The Labute approximate surface area is 124 Å². The van der Waals surface area contributed by atoms with Crippen LogP contribution in [-0.2, 0) is 6.54 Å². The molecule has 1 atom stereocenters. The average Bonchev–Trinajstić information content (AvgIpc) is 2.53. The van der Waals surface area contributed by atoms with Gasteiger partial charge in [0.1, 0.15) is 0 Å². The fourth-order valence-electron chi connectivity index (χ4n) is 1.92. The number of nitrogens with zero attached hydrogens (tertiary/aromatic N) is 1. The number of ether oxygens (including phenoxy) is 1. The third-order valence-corrected chi connectivity index (χ3v) is 3.98. The van der Waals surface area contributed by atoms with Crippen LogP contribution in [-0.4, -0.2) is 18.3 Å². The highest BCUT2D eigenvalue weighted by molar-refractivity contribution is 7.98. The molecule has 2 rings (SSSR count). The van der Waals surface area contributed by atoms with Crippen molar-refractivity contribution in [3.05, 3.63) is 53.7 Å². The minimum Gasteiger partial charge on any atom is -0.481 e. The Hall–Kier alpha value is -1.52. The molecule has 1 heterocycles. The zero-order valence-electron chi connectivity index (χ0n) is 12.1. The van der Waals surface area contributed by atoms with Crippen LogP contribution in [0.15, 0.2) is 47.5 Å². The third-order valence-electron chi connectivity index (χ3n) is 3.23. The second-order valence-corrected chi connectivity index (χ2v) is 5.46. The quantitative estimate of drug-likeness (QED) is 0.823. The number of methoxy groups -OCH3 is 1. The topological polar surface area (TPSA) is 34.1 Å². The van der Waals surface area contributed by atoms with Gasteiger partial charge in [0.15, 0.2) is 0 Å². The first kappa shape index (κ1) is 14.9. The molecule has 1 aromatic heterocycles. The summed E-state index contributed by atoms with van der Waals surface area (Å²) in [4.78, 5) is 5.50. The van der Waals surface area contributed by atoms with Crippen molar-refractivity contribution in [2.75, 3.05) is 13.4 Å². The molecular weight excluding hydrogens is 268 g/mol. The van der Waals surface area contributed by atoms with Crippen LogP contribution in [0.1, 0.15) is 24.1 Å². The van der Waals surface area contributed by atoms with E-state index in [-0.39, 0.29) is 0 Å². The Kier molecular flexibility index (Phi) is 5.44. The van der Waals surface area contributed by atoms with Crippen molar-refractivity contribution in [2.24, 2.45) is 0 Å². The van der Waals surface area contributed by atoms with Gasteiger partial charge in [-0.3, -0.25) is 0 Å². The van der Waals surface area contributed by atoms with Crippen molar-refractivity contribution in [3.63, 3.8) is 0 Å². The van der Waals surface area contributed by atoms with Gasteiger partial charge in [-0.15, -0.1) is 11.8 Å². The van der Waals surface area contributed by atoms with Gasteiger partial charge in [-0.25, -0.2) is 4.98 Å². The molecule has 0 saturated carbocycles. The van der Waals surface area contributed by atoms with Crippen molar-refractivity contribution in [1.29, 1.82) is 0 Å². The summed E-state index contributed by atoms with van der Waals surface area (Å²) < 4.78 is 5.05. The van der Waals surface area contributed by atoms with Crippen LogP contribution in [0.3, 0.4) is 0 Å². The van der Waals surface area contributed by atoms with E-state index in [1.807, 2.05) is 18.3 Å². The summed E-state index contributed by atoms with van der Waals surface area (Å²) >= 11 is 1.76. The second kappa shape index (κ2) is 7.31. The SMILES string of the molecule is COc1ccc(CNC(C)c2ccc(SC)cc2)cn1. The molecule has 0 saturated heterocycles. The van der Waals surface area contributed by atoms with Gasteiger partial charge in [0, 0.05) is 29.7 Å². The van der Waals surface area contributed by atoms with E-state index in [4.69, 9.17) is 4.74 Å². The lowest BCUT2D eigenvalue weighted by molar-refractivity contribution is 0.397. The molecule has 0 fully saturated rings. The van der Waals surface area contributed by atoms with E-state index in [9.17, 15) is 0 Å². The molecule has 1 N–H and O–H groups in total. The molecule has 0 spiro atoms. The van der Waals surface area contributed by atoms with Crippen molar-refractivity contribution >= 4 is 11.8 Å². The Morgan fingerprint density at radius 2 is 1.95 bits per heavy atom. The van der Waals surface area contributed by atoms with Gasteiger partial charge in [0.25, 0.3) is 0 Å². The molecule has 0 aliphatic carbocycles. The summed E-state index contributed by atoms with van der Waals surface area (Å²) in [6.45, 7) is 2.97. The first-order valence-electron chi connectivity index (χ1n) is 6.59. The van der Waals surface area contributed by atoms with E-state index in [2.05, 4.69) is 47.7 Å². The normalized spacial score (nSPS) is 12.2. The molecule has 0 amide bonds. The lowest BCUT2D eigenvalue weighted by atomic mass is 10.1. The van der Waals surface area contributed by atoms with Crippen LogP contribution in [0.5, 0.6) is 5.88 Å². The first-order valence-corrected chi connectivity index (χ1v) is 7.81. The lowest BCUT2D eigenvalue weighted by Gasteiger charge is -2.14. The first-order chi connectivity index (χ1) is 9.72. The number of nitrogens with one attached hydrogen (secondary N) is 1. The number of rotatable bonds is 6. The summed E-state index contributed by atoms with van der Waals surface area (Å²) in [6.07, 6.45) is 3.93. The molecule has 1 unspecified atom stereocenters. The average molecular weight is 288 g/mol. The Bertz CT molecular complexity index is 525. The molecule has 20 heavy (non-hydrogen) atoms. The summed E-state index contributed by atoms with van der Waals surface area (Å²) in [6, 6.07) is 12.9. The highest BCUT2D eigenvalue weighted by Crippen LogP contribution is 2.19. The van der Waals surface area contributed by atoms with E-state index < -0.39 is 0 Å². The van der Waals surface area contributed by atoms with Crippen molar-refractivity contribution in [3.8, 4) is 5.88 Å². The number of benzene rings is 1. The molecule has 1 aromatic carbocycles. The summed E-state index contributed by atoms with van der Waals surface area (Å²) in [5.41, 5.74) is 2.45. The van der Waals surface area contributed by atoms with Gasteiger partial charge in [-0.2, -0.15) is 0 Å². The molecule has 3 nitrogen and oxygen atoms in total. The predicted octanol–water partition coefficient (Wildman–Crippen LogP) is 3.66. The second-order valence-electron chi connectivity index (χ2n) is 4.58. The molecule has 4 heteroatoms. The van der Waals surface area contributed by atoms with Crippen LogP contribution in [0.2, 0.25) is 0 Å². The van der Waals surface area contributed by atoms with Gasteiger partial charge in [0.2, 0.25) is 5.88 Å². The third kappa shape index (κ3) is 3.99. The molecule has 106 valence electrons. The molecule has 2 aromatic rings. The van der Waals surface area contributed by atoms with E-state index in [1.54, 1.807) is 18.9 Å². The fraction of sp³-hybridized carbons (Fsp3) is 0.312. The van der Waals surface area contributed by atoms with Crippen LogP contribution in [0.4, 0.5) is 0 Å². The van der Waals surface area contributed by atoms with Crippen LogP contribution in [0, 0.1) is 0 Å². The number of pyridine rings is 1. The van der Waals surface area contributed by atoms with Gasteiger partial charge in [0.05, 0.1) is 7.11 Å². The van der Waals surface area contributed by atoms with Crippen LogP contribution < -0.4 is 10.1 Å². The van der Waals surface area contributed by atoms with Crippen molar-refractivity contribution in [2.45, 2.75) is 24.4 Å². The summed E-state index contributed by atoms with van der Waals surface area (Å²) in [7, 11) is 1.63. The number of hydrogen-bond acceptors (Lipinski definition) is 4. The van der Waals surface area contributed by atoms with Gasteiger partial charge in [-0.1, -0.05) is 18.2 Å². The van der Waals surface area contributed by atoms with Gasteiger partial charge >= 0.3 is 0 Å². The predicted molar refractivity (Wildman–Crippen MR) is 84.3 cm³/mol. The van der Waals surface area contributed by atoms with E-state index in [1.165, 1.54) is 10.5 Å². The van der Waals surface area contributed by atoms with Crippen LogP contribution >= 0.6 is 11.8 Å². The molecule has 0 bridgehead atoms. The van der Waals surface area contributed by atoms with Crippen molar-refractivity contribution < 1.29 is 4.74 Å². The standard InChI is InChI=1S/C16H20N2OS/c1-12(14-5-7-15(20-3)8-6-14)17-10-13-4-9-16(19-2)18-11-13/h4-9,11-12,17H,10H2,1-3H3. The van der Waals surface area contributed by atoms with Gasteiger partial charge in [-0.05, 0) is 36.4 Å². The van der Waals surface area contributed by atoms with Crippen molar-refractivity contribution in [1.82, 2.24) is 10.3 Å². The largest absolute Gasteiger partial charge is 0.481 e. The zero-order valence-corrected chi connectivity index (χ0v) is 12.9. The number of thioether (sulfide) groups is 1. The Morgan fingerprint density at radius 3 is 2.50 bits per heavy atom. The fourth-order valence-corrected chi connectivity index (χ4v) is 2.33. The minimum atomic E-state index is 0.313. The maximum Gasteiger partial charge on any atom is 0.212 e. The summed E-state index contributed by atoms with van der Waals surface area (Å²) in [5.74, 6) is 0.648. The number of aromatic nitrogens is 1. The Balaban J connectivity index is 1.91. The Morgan fingerprint density at radius 1 is 1.20 bits per heavy atom. The van der Waals surface area contributed by atoms with Crippen LogP contribution in [0.25, 0.3) is 0 Å². The van der Waals surface area contributed by atoms with Gasteiger partial charge < -0.3 is 10.1 Å². The smallest absolute Gasteiger partial charge is 0.212 e. The zero-order chi connectivity index (χ0) is 14.4. The maximum absolute atomic E-state index is 5.05. The molecular formula is C16H20N2OS. The van der Waals surface area contributed by atoms with E-state index in [0.29, 0.717) is 11.9 Å². The van der Waals surface area contributed by atoms with E-state index >= 15 is 0 Å². The maximum atomic E-state index is 5.05. The molecule has 0 aliphatic heterocycles. The monoisotopic (exact) mass is 288 g/mol. The highest BCUT2D eigenvalue weighted by Gasteiger charge is 2.05. The number of hydrogen-bond donors (Lipinski definition) is 1. The molecule has 0 radical (unpaired) electrons. The lowest BCUT2D eigenvalue weighted by Crippen LogP contribution is -2.18. The summed E-state index contributed by atoms with van der Waals surface area (Å²) in [5, 5.41) is 3.50. The molecule has 0 aliphatic rings.